The van der Waals surface area contributed by atoms with E-state index >= 15 is 0 Å². The number of benzene rings is 2. The molecule has 0 aliphatic heterocycles. The lowest BCUT2D eigenvalue weighted by molar-refractivity contribution is -0.384. The summed E-state index contributed by atoms with van der Waals surface area (Å²) in [6.45, 7) is 2.97. The SMILES string of the molecule is CCn1c(CCc2ccccc2)cc2cc([N+](=O)[O-])ccc21. The fraction of sp³-hybridized carbons (Fsp3) is 0.222. The highest BCUT2D eigenvalue weighted by molar-refractivity contribution is 5.83. The van der Waals surface area contributed by atoms with Gasteiger partial charge >= 0.3 is 0 Å². The van der Waals surface area contributed by atoms with Crippen molar-refractivity contribution >= 4 is 16.6 Å². The number of hydrogen-bond acceptors (Lipinski definition) is 2. The van der Waals surface area contributed by atoms with E-state index in [9.17, 15) is 10.1 Å². The summed E-state index contributed by atoms with van der Waals surface area (Å²) >= 11 is 0. The van der Waals surface area contributed by atoms with Crippen molar-refractivity contribution in [2.75, 3.05) is 0 Å². The molecule has 0 amide bonds. The second kappa shape index (κ2) is 6.02. The van der Waals surface area contributed by atoms with Crippen molar-refractivity contribution in [1.29, 1.82) is 0 Å². The summed E-state index contributed by atoms with van der Waals surface area (Å²) in [4.78, 5) is 10.6. The molecule has 4 nitrogen and oxygen atoms in total. The molecule has 2 aromatic carbocycles. The van der Waals surface area contributed by atoms with E-state index in [1.54, 1.807) is 12.1 Å². The molecule has 4 heteroatoms. The van der Waals surface area contributed by atoms with Gasteiger partial charge in [-0.3, -0.25) is 10.1 Å². The Bertz CT molecular complexity index is 807. The number of hydrogen-bond donors (Lipinski definition) is 0. The van der Waals surface area contributed by atoms with Gasteiger partial charge in [0.1, 0.15) is 0 Å². The van der Waals surface area contributed by atoms with Gasteiger partial charge in [0, 0.05) is 35.3 Å². The summed E-state index contributed by atoms with van der Waals surface area (Å²) in [6, 6.07) is 17.5. The molecule has 0 spiro atoms. The van der Waals surface area contributed by atoms with Gasteiger partial charge in [0.25, 0.3) is 5.69 Å². The largest absolute Gasteiger partial charge is 0.345 e. The third-order valence-electron chi connectivity index (χ3n) is 4.01. The lowest BCUT2D eigenvalue weighted by Crippen LogP contribution is -2.02. The van der Waals surface area contributed by atoms with Gasteiger partial charge in [0.15, 0.2) is 0 Å². The van der Waals surface area contributed by atoms with Gasteiger partial charge in [0.05, 0.1) is 4.92 Å². The highest BCUT2D eigenvalue weighted by Gasteiger charge is 2.12. The summed E-state index contributed by atoms with van der Waals surface area (Å²) in [6.07, 6.45) is 1.90. The van der Waals surface area contributed by atoms with Crippen molar-refractivity contribution in [1.82, 2.24) is 4.57 Å². The molecule has 0 saturated carbocycles. The van der Waals surface area contributed by atoms with Crippen LogP contribution in [0.1, 0.15) is 18.2 Å². The van der Waals surface area contributed by atoms with E-state index in [0.717, 1.165) is 30.3 Å². The van der Waals surface area contributed by atoms with E-state index in [2.05, 4.69) is 29.7 Å². The lowest BCUT2D eigenvalue weighted by atomic mass is 10.1. The van der Waals surface area contributed by atoms with E-state index in [0.29, 0.717) is 0 Å². The van der Waals surface area contributed by atoms with Gasteiger partial charge in [-0.2, -0.15) is 0 Å². The molecule has 22 heavy (non-hydrogen) atoms. The Morgan fingerprint density at radius 2 is 1.82 bits per heavy atom. The lowest BCUT2D eigenvalue weighted by Gasteiger charge is -2.08. The summed E-state index contributed by atoms with van der Waals surface area (Å²) in [7, 11) is 0. The van der Waals surface area contributed by atoms with Gasteiger partial charge < -0.3 is 4.57 Å². The van der Waals surface area contributed by atoms with Crippen LogP contribution in [0.2, 0.25) is 0 Å². The highest BCUT2D eigenvalue weighted by Crippen LogP contribution is 2.25. The van der Waals surface area contributed by atoms with E-state index < -0.39 is 0 Å². The maximum absolute atomic E-state index is 10.9. The zero-order valence-corrected chi connectivity index (χ0v) is 12.5. The van der Waals surface area contributed by atoms with Crippen molar-refractivity contribution in [3.05, 3.63) is 76.0 Å². The van der Waals surface area contributed by atoms with E-state index in [-0.39, 0.29) is 10.6 Å². The van der Waals surface area contributed by atoms with Crippen molar-refractivity contribution in [2.24, 2.45) is 0 Å². The minimum Gasteiger partial charge on any atom is -0.345 e. The predicted octanol–water partition coefficient (Wildman–Crippen LogP) is 4.35. The van der Waals surface area contributed by atoms with Crippen LogP contribution in [-0.2, 0) is 19.4 Å². The molecule has 0 aliphatic carbocycles. The number of nitro benzene ring substituents is 1. The van der Waals surface area contributed by atoms with Crippen LogP contribution in [0.25, 0.3) is 10.9 Å². The minimum atomic E-state index is -0.341. The summed E-state index contributed by atoms with van der Waals surface area (Å²) < 4.78 is 2.24. The monoisotopic (exact) mass is 294 g/mol. The van der Waals surface area contributed by atoms with Crippen LogP contribution in [0.4, 0.5) is 5.69 Å². The molecule has 0 fully saturated rings. The smallest absolute Gasteiger partial charge is 0.270 e. The minimum absolute atomic E-state index is 0.148. The van der Waals surface area contributed by atoms with Crippen molar-refractivity contribution in [2.45, 2.75) is 26.3 Å². The van der Waals surface area contributed by atoms with Crippen LogP contribution < -0.4 is 0 Å². The molecule has 0 unspecified atom stereocenters. The molecule has 1 aromatic heterocycles. The maximum Gasteiger partial charge on any atom is 0.270 e. The fourth-order valence-corrected chi connectivity index (χ4v) is 2.93. The maximum atomic E-state index is 10.9. The quantitative estimate of drug-likeness (QED) is 0.518. The Hall–Kier alpha value is -2.62. The second-order valence-corrected chi connectivity index (χ2v) is 5.37. The molecule has 112 valence electrons. The number of nitro groups is 1. The molecule has 0 bridgehead atoms. The van der Waals surface area contributed by atoms with Crippen molar-refractivity contribution in [3.63, 3.8) is 0 Å². The Labute approximate surface area is 129 Å². The zero-order chi connectivity index (χ0) is 15.5. The zero-order valence-electron chi connectivity index (χ0n) is 12.5. The van der Waals surface area contributed by atoms with Crippen molar-refractivity contribution in [3.8, 4) is 0 Å². The fourth-order valence-electron chi connectivity index (χ4n) is 2.93. The Morgan fingerprint density at radius 1 is 1.05 bits per heavy atom. The summed E-state index contributed by atoms with van der Waals surface area (Å²) in [5.74, 6) is 0. The van der Waals surface area contributed by atoms with Crippen LogP contribution in [0, 0.1) is 10.1 Å². The second-order valence-electron chi connectivity index (χ2n) is 5.37. The number of aromatic nitrogens is 1. The molecule has 0 N–H and O–H groups in total. The summed E-state index contributed by atoms with van der Waals surface area (Å²) in [5, 5.41) is 11.9. The van der Waals surface area contributed by atoms with Gasteiger partial charge in [-0.15, -0.1) is 0 Å². The Morgan fingerprint density at radius 3 is 2.50 bits per heavy atom. The molecular weight excluding hydrogens is 276 g/mol. The normalized spacial score (nSPS) is 11.0. The number of non-ortho nitro benzene ring substituents is 1. The van der Waals surface area contributed by atoms with E-state index in [1.807, 2.05) is 24.3 Å². The average molecular weight is 294 g/mol. The van der Waals surface area contributed by atoms with E-state index in [1.165, 1.54) is 11.3 Å². The molecule has 3 rings (SSSR count). The Balaban J connectivity index is 1.93. The number of fused-ring (bicyclic) bond motifs is 1. The number of nitrogens with zero attached hydrogens (tertiary/aromatic N) is 2. The van der Waals surface area contributed by atoms with Crippen molar-refractivity contribution < 1.29 is 4.92 Å². The summed E-state index contributed by atoms with van der Waals surface area (Å²) in [5.41, 5.74) is 3.75. The third-order valence-corrected chi connectivity index (χ3v) is 4.01. The van der Waals surface area contributed by atoms with Crippen LogP contribution in [0.5, 0.6) is 0 Å². The first-order chi connectivity index (χ1) is 10.7. The topological polar surface area (TPSA) is 48.1 Å². The first-order valence-corrected chi connectivity index (χ1v) is 7.49. The van der Waals surface area contributed by atoms with Gasteiger partial charge in [-0.25, -0.2) is 0 Å². The van der Waals surface area contributed by atoms with Crippen LogP contribution in [0.15, 0.2) is 54.6 Å². The molecule has 0 aliphatic rings. The van der Waals surface area contributed by atoms with Crippen LogP contribution in [-0.4, -0.2) is 9.49 Å². The van der Waals surface area contributed by atoms with Crippen LogP contribution >= 0.6 is 0 Å². The van der Waals surface area contributed by atoms with Gasteiger partial charge in [0.2, 0.25) is 0 Å². The Kier molecular flexibility index (Phi) is 3.92. The van der Waals surface area contributed by atoms with Gasteiger partial charge in [-0.1, -0.05) is 30.3 Å². The average Bonchev–Trinajstić information content (AvgIpc) is 2.90. The molecule has 3 aromatic rings. The highest BCUT2D eigenvalue weighted by atomic mass is 16.6. The first kappa shape index (κ1) is 14.3. The molecule has 0 atom stereocenters. The van der Waals surface area contributed by atoms with Crippen LogP contribution in [0.3, 0.4) is 0 Å². The first-order valence-electron chi connectivity index (χ1n) is 7.49. The predicted molar refractivity (Wildman–Crippen MR) is 88.1 cm³/mol. The van der Waals surface area contributed by atoms with E-state index in [4.69, 9.17) is 0 Å². The van der Waals surface area contributed by atoms with Gasteiger partial charge in [-0.05, 0) is 37.5 Å². The standard InChI is InChI=1S/C18H18N2O2/c1-2-19-16(9-8-14-6-4-3-5-7-14)12-15-13-17(20(21)22)10-11-18(15)19/h3-7,10-13H,2,8-9H2,1H3. The number of rotatable bonds is 5. The molecular formula is C18H18N2O2. The molecule has 1 heterocycles. The molecule has 0 radical (unpaired) electrons. The third kappa shape index (κ3) is 2.72. The number of aryl methyl sites for hydroxylation is 3. The molecule has 0 saturated heterocycles.